The van der Waals surface area contributed by atoms with E-state index < -0.39 is 11.7 Å². The summed E-state index contributed by atoms with van der Waals surface area (Å²) in [6.07, 6.45) is 5.86. The lowest BCUT2D eigenvalue weighted by atomic mass is 10.0. The largest absolute Gasteiger partial charge is 0.399 e. The lowest BCUT2D eigenvalue weighted by molar-refractivity contribution is 0.0936. The quantitative estimate of drug-likeness (QED) is 0.484. The monoisotopic (exact) mass is 428 g/mol. The van der Waals surface area contributed by atoms with Crippen LogP contribution in [0, 0.1) is 5.82 Å². The molecule has 1 amide bonds. The zero-order valence-corrected chi connectivity index (χ0v) is 17.2. The van der Waals surface area contributed by atoms with Gasteiger partial charge in [-0.25, -0.2) is 9.37 Å². The highest BCUT2D eigenvalue weighted by atomic mass is 19.1. The third-order valence-corrected chi connectivity index (χ3v) is 5.62. The van der Waals surface area contributed by atoms with Gasteiger partial charge in [0.25, 0.3) is 5.91 Å². The first-order valence-electron chi connectivity index (χ1n) is 10.4. The number of anilines is 2. The van der Waals surface area contributed by atoms with Crippen LogP contribution in [0.4, 0.5) is 15.9 Å². The van der Waals surface area contributed by atoms with Crippen molar-refractivity contribution in [1.29, 1.82) is 0 Å². The molecule has 4 aromatic rings. The molecule has 0 radical (unpaired) electrons. The van der Waals surface area contributed by atoms with Gasteiger partial charge in [-0.2, -0.15) is 0 Å². The number of amides is 1. The number of pyridine rings is 1. The van der Waals surface area contributed by atoms with Crippen LogP contribution in [0.5, 0.6) is 0 Å². The smallest absolute Gasteiger partial charge is 0.254 e. The molecule has 7 nitrogen and oxygen atoms in total. The van der Waals surface area contributed by atoms with Crippen molar-refractivity contribution in [2.75, 3.05) is 23.7 Å². The Kier molecular flexibility index (Phi) is 5.10. The summed E-state index contributed by atoms with van der Waals surface area (Å²) < 4.78 is 13.9. The molecule has 1 atom stereocenters. The summed E-state index contributed by atoms with van der Waals surface area (Å²) in [6.45, 7) is 1.36. The maximum atomic E-state index is 13.9. The van der Waals surface area contributed by atoms with Crippen molar-refractivity contribution >= 4 is 28.4 Å². The molecule has 2 aromatic heterocycles. The maximum Gasteiger partial charge on any atom is 0.254 e. The number of nitrogens with two attached hydrogens (primary N) is 1. The molecule has 0 saturated carbocycles. The van der Waals surface area contributed by atoms with E-state index in [-0.39, 0.29) is 11.6 Å². The van der Waals surface area contributed by atoms with Gasteiger partial charge >= 0.3 is 0 Å². The molecule has 3 N–H and O–H groups in total. The maximum absolute atomic E-state index is 13.9. The van der Waals surface area contributed by atoms with Crippen LogP contribution < -0.4 is 16.0 Å². The molecule has 32 heavy (non-hydrogen) atoms. The second kappa shape index (κ2) is 8.22. The second-order valence-corrected chi connectivity index (χ2v) is 7.78. The molecule has 1 fully saturated rings. The molecule has 8 heteroatoms. The van der Waals surface area contributed by atoms with Crippen molar-refractivity contribution in [1.82, 2.24) is 20.3 Å². The lowest BCUT2D eigenvalue weighted by Crippen LogP contribution is -2.37. The zero-order valence-electron chi connectivity index (χ0n) is 17.2. The van der Waals surface area contributed by atoms with Gasteiger partial charge in [0.15, 0.2) is 0 Å². The molecule has 1 saturated heterocycles. The van der Waals surface area contributed by atoms with Crippen LogP contribution in [0.25, 0.3) is 22.2 Å². The Bertz CT molecular complexity index is 1290. The lowest BCUT2D eigenvalue weighted by Gasteiger charge is -2.18. The molecule has 0 unspecified atom stereocenters. The highest BCUT2D eigenvalue weighted by Gasteiger charge is 2.26. The number of hydrogen-bond acceptors (Lipinski definition) is 6. The molecule has 1 aliphatic rings. The van der Waals surface area contributed by atoms with E-state index in [0.717, 1.165) is 40.9 Å². The van der Waals surface area contributed by atoms with Crippen LogP contribution >= 0.6 is 0 Å². The van der Waals surface area contributed by atoms with Crippen molar-refractivity contribution in [2.24, 2.45) is 0 Å². The third-order valence-electron chi connectivity index (χ3n) is 5.62. The number of rotatable bonds is 4. The summed E-state index contributed by atoms with van der Waals surface area (Å²) in [6, 6.07) is 13.5. The summed E-state index contributed by atoms with van der Waals surface area (Å²) in [5.74, 6) is -0.0977. The van der Waals surface area contributed by atoms with Gasteiger partial charge in [0.1, 0.15) is 11.6 Å². The van der Waals surface area contributed by atoms with Gasteiger partial charge in [-0.3, -0.25) is 14.8 Å². The molecule has 0 spiro atoms. The number of nitrogens with zero attached hydrogens (tertiary/aromatic N) is 4. The fourth-order valence-corrected chi connectivity index (χ4v) is 4.04. The van der Waals surface area contributed by atoms with Gasteiger partial charge in [0.05, 0.1) is 16.6 Å². The number of aromatic nitrogens is 3. The number of carbonyl (C=O) groups excluding carboxylic acids is 1. The van der Waals surface area contributed by atoms with Crippen molar-refractivity contribution in [3.05, 3.63) is 78.5 Å². The van der Waals surface area contributed by atoms with E-state index in [0.29, 0.717) is 12.2 Å². The highest BCUT2D eigenvalue weighted by Crippen LogP contribution is 2.30. The van der Waals surface area contributed by atoms with Crippen LogP contribution in [0.15, 0.2) is 67.1 Å². The van der Waals surface area contributed by atoms with Crippen LogP contribution in [0.3, 0.4) is 0 Å². The SMILES string of the molecule is Nc1cc(-c2ccc(N3CC[C@H](NC(=O)c4ccccc4F)C3)nc2)c2nccnc2c1. The predicted molar refractivity (Wildman–Crippen MR) is 122 cm³/mol. The number of fused-ring (bicyclic) bond motifs is 1. The molecule has 0 bridgehead atoms. The number of benzene rings is 2. The Hall–Kier alpha value is -4.07. The third kappa shape index (κ3) is 3.82. The number of halogens is 1. The van der Waals surface area contributed by atoms with Crippen LogP contribution in [-0.2, 0) is 0 Å². The molecular weight excluding hydrogens is 407 g/mol. The summed E-state index contributed by atoms with van der Waals surface area (Å²) in [4.78, 5) is 27.9. The van der Waals surface area contributed by atoms with Crippen molar-refractivity contribution in [2.45, 2.75) is 12.5 Å². The summed E-state index contributed by atoms with van der Waals surface area (Å²) in [5, 5.41) is 2.92. The second-order valence-electron chi connectivity index (χ2n) is 7.78. The standard InChI is InChI=1S/C24H21FN6O/c25-20-4-2-1-3-18(20)24(32)30-17-7-10-31(14-17)22-6-5-15(13-29-22)19-11-16(26)12-21-23(19)28-9-8-27-21/h1-6,8-9,11-13,17H,7,10,14,26H2,(H,30,32)/t17-/m0/s1. The van der Waals surface area contributed by atoms with E-state index in [1.54, 1.807) is 36.8 Å². The van der Waals surface area contributed by atoms with Crippen LogP contribution in [0.1, 0.15) is 16.8 Å². The predicted octanol–water partition coefficient (Wildman–Crippen LogP) is 3.42. The molecule has 5 rings (SSSR count). The Labute approximate surface area is 184 Å². The summed E-state index contributed by atoms with van der Waals surface area (Å²) in [7, 11) is 0. The van der Waals surface area contributed by atoms with E-state index in [1.165, 1.54) is 12.1 Å². The van der Waals surface area contributed by atoms with Crippen molar-refractivity contribution < 1.29 is 9.18 Å². The van der Waals surface area contributed by atoms with Gasteiger partial charge in [-0.05, 0) is 42.8 Å². The van der Waals surface area contributed by atoms with Gasteiger partial charge in [0.2, 0.25) is 0 Å². The fraction of sp³-hybridized carbons (Fsp3) is 0.167. The Morgan fingerprint density at radius 3 is 2.75 bits per heavy atom. The van der Waals surface area contributed by atoms with Crippen molar-refractivity contribution in [3.8, 4) is 11.1 Å². The average Bonchev–Trinajstić information content (AvgIpc) is 3.27. The van der Waals surface area contributed by atoms with Gasteiger partial charge in [-0.1, -0.05) is 12.1 Å². The minimum Gasteiger partial charge on any atom is -0.399 e. The highest BCUT2D eigenvalue weighted by molar-refractivity contribution is 5.95. The van der Waals surface area contributed by atoms with E-state index in [4.69, 9.17) is 5.73 Å². The van der Waals surface area contributed by atoms with E-state index in [1.807, 2.05) is 18.2 Å². The molecule has 1 aliphatic heterocycles. The van der Waals surface area contributed by atoms with E-state index in [2.05, 4.69) is 25.2 Å². The normalized spacial score (nSPS) is 15.8. The topological polar surface area (TPSA) is 97.0 Å². The van der Waals surface area contributed by atoms with Gasteiger partial charge in [0, 0.05) is 54.5 Å². The Balaban J connectivity index is 1.31. The van der Waals surface area contributed by atoms with E-state index in [9.17, 15) is 9.18 Å². The van der Waals surface area contributed by atoms with Gasteiger partial charge < -0.3 is 16.0 Å². The Morgan fingerprint density at radius 1 is 1.09 bits per heavy atom. The number of hydrogen-bond donors (Lipinski definition) is 2. The first-order valence-corrected chi connectivity index (χ1v) is 10.4. The number of nitrogen functional groups attached to an aromatic ring is 1. The minimum absolute atomic E-state index is 0.0610. The summed E-state index contributed by atoms with van der Waals surface area (Å²) in [5.41, 5.74) is 10.0. The first-order chi connectivity index (χ1) is 15.6. The summed E-state index contributed by atoms with van der Waals surface area (Å²) >= 11 is 0. The minimum atomic E-state index is -0.518. The molecule has 0 aliphatic carbocycles. The van der Waals surface area contributed by atoms with Crippen LogP contribution in [0.2, 0.25) is 0 Å². The van der Waals surface area contributed by atoms with Crippen molar-refractivity contribution in [3.63, 3.8) is 0 Å². The Morgan fingerprint density at radius 2 is 1.94 bits per heavy atom. The van der Waals surface area contributed by atoms with E-state index >= 15 is 0 Å². The average molecular weight is 428 g/mol. The number of carbonyl (C=O) groups is 1. The molecule has 160 valence electrons. The van der Waals surface area contributed by atoms with Gasteiger partial charge in [-0.15, -0.1) is 0 Å². The first kappa shape index (κ1) is 19.9. The molecular formula is C24H21FN6O. The van der Waals surface area contributed by atoms with Crippen LogP contribution in [-0.4, -0.2) is 40.0 Å². The molecule has 2 aromatic carbocycles. The molecule has 3 heterocycles. The zero-order chi connectivity index (χ0) is 22.1. The number of nitrogens with one attached hydrogen (secondary N) is 1. The fourth-order valence-electron chi connectivity index (χ4n) is 4.04.